The minimum absolute atomic E-state index is 0.108. The summed E-state index contributed by atoms with van der Waals surface area (Å²) in [7, 11) is 1.24. The molecule has 15 heavy (non-hydrogen) atoms. The molecule has 5 heteroatoms. The van der Waals surface area contributed by atoms with Crippen molar-refractivity contribution in [1.82, 2.24) is 0 Å². The van der Waals surface area contributed by atoms with E-state index in [1.165, 1.54) is 19.2 Å². The Bertz CT molecular complexity index is 440. The minimum atomic E-state index is -0.654. The van der Waals surface area contributed by atoms with Crippen LogP contribution in [0.3, 0.4) is 0 Å². The highest BCUT2D eigenvalue weighted by molar-refractivity contribution is 9.10. The van der Waals surface area contributed by atoms with Gasteiger partial charge in [-0.1, -0.05) is 6.07 Å². The number of halogens is 2. The third kappa shape index (κ3) is 2.54. The maximum atomic E-state index is 13.4. The smallest absolute Gasteiger partial charge is 0.310 e. The number of hydrogen-bond acceptors (Lipinski definition) is 3. The molecule has 0 aromatic heterocycles. The standard InChI is InChI=1S/C10H7BrFNO2/c1-15-9(14)4-6-2-3-8(11)10(12)7(6)5-13/h2-3H,4H2,1H3. The highest BCUT2D eigenvalue weighted by Gasteiger charge is 2.14. The van der Waals surface area contributed by atoms with Gasteiger partial charge in [0.25, 0.3) is 0 Å². The molecule has 0 fully saturated rings. The van der Waals surface area contributed by atoms with Crippen LogP contribution in [-0.2, 0) is 16.0 Å². The molecule has 1 aromatic rings. The number of nitriles is 1. The van der Waals surface area contributed by atoms with E-state index in [1.54, 1.807) is 6.07 Å². The summed E-state index contributed by atoms with van der Waals surface area (Å²) in [5.41, 5.74) is 0.194. The second kappa shape index (κ2) is 4.89. The Hall–Kier alpha value is -1.41. The lowest BCUT2D eigenvalue weighted by Gasteiger charge is -2.04. The second-order valence-electron chi connectivity index (χ2n) is 2.76. The van der Waals surface area contributed by atoms with Gasteiger partial charge >= 0.3 is 5.97 Å². The number of hydrogen-bond donors (Lipinski definition) is 0. The zero-order valence-corrected chi connectivity index (χ0v) is 9.47. The lowest BCUT2D eigenvalue weighted by Crippen LogP contribution is -2.07. The Kier molecular flexibility index (Phi) is 3.81. The van der Waals surface area contributed by atoms with Crippen LogP contribution in [0.1, 0.15) is 11.1 Å². The van der Waals surface area contributed by atoms with Crippen LogP contribution >= 0.6 is 15.9 Å². The third-order valence-corrected chi connectivity index (χ3v) is 2.47. The lowest BCUT2D eigenvalue weighted by atomic mass is 10.1. The molecule has 3 nitrogen and oxygen atoms in total. The number of methoxy groups -OCH3 is 1. The summed E-state index contributed by atoms with van der Waals surface area (Å²) in [4.78, 5) is 11.0. The molecule has 0 aliphatic heterocycles. The molecule has 0 aliphatic carbocycles. The molecule has 1 rings (SSSR count). The molecular weight excluding hydrogens is 265 g/mol. The van der Waals surface area contributed by atoms with Crippen molar-refractivity contribution in [2.75, 3.05) is 7.11 Å². The van der Waals surface area contributed by atoms with Gasteiger partial charge in [-0.3, -0.25) is 4.79 Å². The van der Waals surface area contributed by atoms with E-state index in [1.807, 2.05) is 0 Å². The van der Waals surface area contributed by atoms with Crippen LogP contribution in [0.15, 0.2) is 16.6 Å². The minimum Gasteiger partial charge on any atom is -0.469 e. The molecule has 0 aliphatic rings. The molecular formula is C10H7BrFNO2. The van der Waals surface area contributed by atoms with E-state index in [2.05, 4.69) is 20.7 Å². The molecule has 0 saturated carbocycles. The first-order valence-electron chi connectivity index (χ1n) is 4.04. The van der Waals surface area contributed by atoms with E-state index in [-0.39, 0.29) is 16.5 Å². The molecule has 0 atom stereocenters. The Morgan fingerprint density at radius 3 is 2.87 bits per heavy atom. The fourth-order valence-electron chi connectivity index (χ4n) is 1.09. The van der Waals surface area contributed by atoms with Crippen molar-refractivity contribution >= 4 is 21.9 Å². The number of carbonyl (C=O) groups is 1. The number of benzene rings is 1. The zero-order valence-electron chi connectivity index (χ0n) is 7.88. The predicted molar refractivity (Wildman–Crippen MR) is 54.5 cm³/mol. The summed E-state index contributed by atoms with van der Waals surface area (Å²) in [5.74, 6) is -1.16. The van der Waals surface area contributed by atoms with Gasteiger partial charge in [0, 0.05) is 0 Å². The van der Waals surface area contributed by atoms with Crippen molar-refractivity contribution in [3.05, 3.63) is 33.5 Å². The highest BCUT2D eigenvalue weighted by Crippen LogP contribution is 2.22. The Balaban J connectivity index is 3.15. The second-order valence-corrected chi connectivity index (χ2v) is 3.61. The third-order valence-electron chi connectivity index (χ3n) is 1.86. The van der Waals surface area contributed by atoms with Gasteiger partial charge in [0.15, 0.2) is 5.82 Å². The van der Waals surface area contributed by atoms with Crippen molar-refractivity contribution < 1.29 is 13.9 Å². The first-order valence-corrected chi connectivity index (χ1v) is 4.83. The number of nitrogens with zero attached hydrogens (tertiary/aromatic N) is 1. The number of ether oxygens (including phenoxy) is 1. The van der Waals surface area contributed by atoms with Gasteiger partial charge in [0.2, 0.25) is 0 Å². The number of rotatable bonds is 2. The van der Waals surface area contributed by atoms with Crippen molar-refractivity contribution in [3.63, 3.8) is 0 Å². The van der Waals surface area contributed by atoms with Crippen LogP contribution < -0.4 is 0 Å². The summed E-state index contributed by atoms with van der Waals surface area (Å²) < 4.78 is 18.0. The van der Waals surface area contributed by atoms with Gasteiger partial charge < -0.3 is 4.74 Å². The van der Waals surface area contributed by atoms with Crippen LogP contribution in [-0.4, -0.2) is 13.1 Å². The van der Waals surface area contributed by atoms with Crippen molar-refractivity contribution in [2.24, 2.45) is 0 Å². The molecule has 1 aromatic carbocycles. The normalized spacial score (nSPS) is 9.47. The van der Waals surface area contributed by atoms with Gasteiger partial charge in [0.05, 0.1) is 23.6 Å². The number of esters is 1. The average Bonchev–Trinajstić information content (AvgIpc) is 2.24. The van der Waals surface area contributed by atoms with Crippen LogP contribution in [0.25, 0.3) is 0 Å². The SMILES string of the molecule is COC(=O)Cc1ccc(Br)c(F)c1C#N. The van der Waals surface area contributed by atoms with Gasteiger partial charge in [-0.15, -0.1) is 0 Å². The van der Waals surface area contributed by atoms with E-state index in [4.69, 9.17) is 5.26 Å². The van der Waals surface area contributed by atoms with E-state index in [0.717, 1.165) is 0 Å². The molecule has 0 heterocycles. The van der Waals surface area contributed by atoms with Gasteiger partial charge in [0.1, 0.15) is 6.07 Å². The Labute approximate surface area is 94.6 Å². The topological polar surface area (TPSA) is 50.1 Å². The van der Waals surface area contributed by atoms with Crippen molar-refractivity contribution in [2.45, 2.75) is 6.42 Å². The first-order chi connectivity index (χ1) is 7.10. The number of carbonyl (C=O) groups excluding carboxylic acids is 1. The van der Waals surface area contributed by atoms with E-state index >= 15 is 0 Å². The molecule has 0 bridgehead atoms. The summed E-state index contributed by atoms with van der Waals surface area (Å²) >= 11 is 2.96. The molecule has 0 unspecified atom stereocenters. The molecule has 0 saturated heterocycles. The van der Waals surface area contributed by atoms with Crippen molar-refractivity contribution in [1.29, 1.82) is 5.26 Å². The highest BCUT2D eigenvalue weighted by atomic mass is 79.9. The fourth-order valence-corrected chi connectivity index (χ4v) is 1.42. The van der Waals surface area contributed by atoms with Crippen LogP contribution in [0.4, 0.5) is 4.39 Å². The van der Waals surface area contributed by atoms with Crippen LogP contribution in [0, 0.1) is 17.1 Å². The van der Waals surface area contributed by atoms with Gasteiger partial charge in [-0.2, -0.15) is 5.26 Å². The Morgan fingerprint density at radius 1 is 1.67 bits per heavy atom. The van der Waals surface area contributed by atoms with Gasteiger partial charge in [-0.05, 0) is 27.6 Å². The van der Waals surface area contributed by atoms with E-state index in [9.17, 15) is 9.18 Å². The van der Waals surface area contributed by atoms with E-state index < -0.39 is 11.8 Å². The van der Waals surface area contributed by atoms with E-state index in [0.29, 0.717) is 5.56 Å². The summed E-state index contributed by atoms with van der Waals surface area (Å²) in [6.07, 6.45) is -0.108. The maximum absolute atomic E-state index is 13.4. The zero-order chi connectivity index (χ0) is 11.4. The van der Waals surface area contributed by atoms with Crippen LogP contribution in [0.5, 0.6) is 0 Å². The van der Waals surface area contributed by atoms with Crippen LogP contribution in [0.2, 0.25) is 0 Å². The molecule has 0 N–H and O–H groups in total. The fraction of sp³-hybridized carbons (Fsp3) is 0.200. The largest absolute Gasteiger partial charge is 0.469 e. The quantitative estimate of drug-likeness (QED) is 0.775. The molecule has 0 radical (unpaired) electrons. The Morgan fingerprint density at radius 2 is 2.33 bits per heavy atom. The molecule has 0 spiro atoms. The summed E-state index contributed by atoms with van der Waals surface area (Å²) in [6.45, 7) is 0. The molecule has 0 amide bonds. The summed E-state index contributed by atoms with van der Waals surface area (Å²) in [5, 5.41) is 8.75. The maximum Gasteiger partial charge on any atom is 0.310 e. The van der Waals surface area contributed by atoms with Crippen molar-refractivity contribution in [3.8, 4) is 6.07 Å². The summed E-state index contributed by atoms with van der Waals surface area (Å²) in [6, 6.07) is 4.69. The lowest BCUT2D eigenvalue weighted by molar-refractivity contribution is -0.139. The average molecular weight is 272 g/mol. The monoisotopic (exact) mass is 271 g/mol. The molecule has 78 valence electrons. The predicted octanol–water partition coefficient (Wildman–Crippen LogP) is 2.18. The first kappa shape index (κ1) is 11.7. The van der Waals surface area contributed by atoms with Gasteiger partial charge in [-0.25, -0.2) is 4.39 Å².